The van der Waals surface area contributed by atoms with Crippen molar-refractivity contribution in [1.29, 1.82) is 0 Å². The van der Waals surface area contributed by atoms with Crippen molar-refractivity contribution >= 4 is 5.91 Å². The molecular weight excluding hydrogens is 216 g/mol. The van der Waals surface area contributed by atoms with Crippen LogP contribution in [0.25, 0.3) is 0 Å². The maximum absolute atomic E-state index is 11.5. The second-order valence-electron chi connectivity index (χ2n) is 4.89. The van der Waals surface area contributed by atoms with Crippen molar-refractivity contribution in [2.24, 2.45) is 0 Å². The van der Waals surface area contributed by atoms with Gasteiger partial charge in [-0.25, -0.2) is 0 Å². The molecule has 4 heteroatoms. The highest BCUT2D eigenvalue weighted by Crippen LogP contribution is 2.11. The van der Waals surface area contributed by atoms with Gasteiger partial charge in [0.25, 0.3) is 0 Å². The molecule has 0 aliphatic carbocycles. The highest BCUT2D eigenvalue weighted by atomic mass is 16.3. The number of aliphatic hydroxyl groups is 1. The lowest BCUT2D eigenvalue weighted by Crippen LogP contribution is -2.32. The van der Waals surface area contributed by atoms with Gasteiger partial charge in [-0.3, -0.25) is 4.79 Å². The van der Waals surface area contributed by atoms with Gasteiger partial charge in [0.2, 0.25) is 5.91 Å². The topological polar surface area (TPSA) is 43.8 Å². The third kappa shape index (κ3) is 5.04. The van der Waals surface area contributed by atoms with Gasteiger partial charge in [0.05, 0.1) is 12.5 Å². The first-order valence-corrected chi connectivity index (χ1v) is 6.85. The standard InChI is InChI=1S/C13H26N2O2/c1-3-6-14(7-4-2)8-5-9-15-11-12(16)10-13(15)17/h12,16H,3-11H2,1-2H3. The highest BCUT2D eigenvalue weighted by molar-refractivity contribution is 5.78. The summed E-state index contributed by atoms with van der Waals surface area (Å²) < 4.78 is 0. The molecule has 0 aromatic carbocycles. The number of amides is 1. The molecule has 0 spiro atoms. The smallest absolute Gasteiger partial charge is 0.225 e. The average molecular weight is 242 g/mol. The third-order valence-corrected chi connectivity index (χ3v) is 3.18. The van der Waals surface area contributed by atoms with Gasteiger partial charge in [-0.05, 0) is 38.9 Å². The van der Waals surface area contributed by atoms with E-state index in [4.69, 9.17) is 0 Å². The first-order valence-electron chi connectivity index (χ1n) is 6.85. The summed E-state index contributed by atoms with van der Waals surface area (Å²) in [6.45, 7) is 9.06. The number of carbonyl (C=O) groups excluding carboxylic acids is 1. The molecule has 1 aliphatic heterocycles. The Bertz CT molecular complexity index is 227. The molecule has 1 atom stereocenters. The van der Waals surface area contributed by atoms with Gasteiger partial charge in [0.15, 0.2) is 0 Å². The number of nitrogens with zero attached hydrogens (tertiary/aromatic N) is 2. The molecule has 1 N–H and O–H groups in total. The summed E-state index contributed by atoms with van der Waals surface area (Å²) in [4.78, 5) is 15.7. The summed E-state index contributed by atoms with van der Waals surface area (Å²) >= 11 is 0. The third-order valence-electron chi connectivity index (χ3n) is 3.18. The van der Waals surface area contributed by atoms with E-state index in [-0.39, 0.29) is 5.91 Å². The Morgan fingerprint density at radius 3 is 2.41 bits per heavy atom. The van der Waals surface area contributed by atoms with Gasteiger partial charge >= 0.3 is 0 Å². The van der Waals surface area contributed by atoms with Crippen LogP contribution < -0.4 is 0 Å². The normalized spacial score (nSPS) is 20.6. The Morgan fingerprint density at radius 1 is 1.29 bits per heavy atom. The van der Waals surface area contributed by atoms with Gasteiger partial charge in [-0.15, -0.1) is 0 Å². The number of carbonyl (C=O) groups is 1. The Labute approximate surface area is 105 Å². The molecule has 100 valence electrons. The molecule has 0 aromatic heterocycles. The first-order chi connectivity index (χ1) is 8.17. The summed E-state index contributed by atoms with van der Waals surface area (Å²) in [5, 5.41) is 9.37. The highest BCUT2D eigenvalue weighted by Gasteiger charge is 2.27. The van der Waals surface area contributed by atoms with Gasteiger partial charge < -0.3 is 14.9 Å². The zero-order chi connectivity index (χ0) is 12.7. The summed E-state index contributed by atoms with van der Waals surface area (Å²) in [6.07, 6.45) is 3.25. The number of β-amino-alcohol motifs (C(OH)–C–C–N with tert-alkyl or cyclic N) is 1. The van der Waals surface area contributed by atoms with Gasteiger partial charge in [-0.2, -0.15) is 0 Å². The Morgan fingerprint density at radius 2 is 1.94 bits per heavy atom. The fourth-order valence-electron chi connectivity index (χ4n) is 2.42. The molecule has 1 rings (SSSR count). The van der Waals surface area contributed by atoms with Crippen LogP contribution in [0.5, 0.6) is 0 Å². The Balaban J connectivity index is 2.19. The summed E-state index contributed by atoms with van der Waals surface area (Å²) in [7, 11) is 0. The zero-order valence-electron chi connectivity index (χ0n) is 11.2. The van der Waals surface area contributed by atoms with E-state index < -0.39 is 6.10 Å². The number of hydrogen-bond acceptors (Lipinski definition) is 3. The largest absolute Gasteiger partial charge is 0.391 e. The molecular formula is C13H26N2O2. The van der Waals surface area contributed by atoms with Crippen LogP contribution in [-0.2, 0) is 4.79 Å². The van der Waals surface area contributed by atoms with Crippen LogP contribution in [0.1, 0.15) is 39.5 Å². The SMILES string of the molecule is CCCN(CCC)CCCN1CC(O)CC1=O. The van der Waals surface area contributed by atoms with Crippen molar-refractivity contribution in [1.82, 2.24) is 9.80 Å². The average Bonchev–Trinajstić information content (AvgIpc) is 2.58. The van der Waals surface area contributed by atoms with Gasteiger partial charge in [0.1, 0.15) is 0 Å². The monoisotopic (exact) mass is 242 g/mol. The summed E-state index contributed by atoms with van der Waals surface area (Å²) in [5.74, 6) is 0.107. The van der Waals surface area contributed by atoms with E-state index in [0.29, 0.717) is 13.0 Å². The minimum Gasteiger partial charge on any atom is -0.391 e. The molecule has 1 unspecified atom stereocenters. The van der Waals surface area contributed by atoms with Crippen LogP contribution in [0, 0.1) is 0 Å². The van der Waals surface area contributed by atoms with Gasteiger partial charge in [-0.1, -0.05) is 13.8 Å². The Kier molecular flexibility index (Phi) is 6.52. The number of likely N-dealkylation sites (tertiary alicyclic amines) is 1. The van der Waals surface area contributed by atoms with Crippen molar-refractivity contribution in [2.45, 2.75) is 45.6 Å². The minimum absolute atomic E-state index is 0.107. The quantitative estimate of drug-likeness (QED) is 0.693. The van der Waals surface area contributed by atoms with Crippen LogP contribution in [0.3, 0.4) is 0 Å². The second-order valence-corrected chi connectivity index (χ2v) is 4.89. The fraction of sp³-hybridized carbons (Fsp3) is 0.923. The fourth-order valence-corrected chi connectivity index (χ4v) is 2.42. The molecule has 0 radical (unpaired) electrons. The lowest BCUT2D eigenvalue weighted by molar-refractivity contribution is -0.127. The number of hydrogen-bond donors (Lipinski definition) is 1. The maximum atomic E-state index is 11.5. The zero-order valence-corrected chi connectivity index (χ0v) is 11.2. The first kappa shape index (κ1) is 14.5. The van der Waals surface area contributed by atoms with Crippen molar-refractivity contribution in [3.05, 3.63) is 0 Å². The van der Waals surface area contributed by atoms with E-state index in [1.807, 2.05) is 0 Å². The van der Waals surface area contributed by atoms with Crippen LogP contribution in [0.2, 0.25) is 0 Å². The predicted octanol–water partition coefficient (Wildman–Crippen LogP) is 1.09. The van der Waals surface area contributed by atoms with Crippen LogP contribution in [0.15, 0.2) is 0 Å². The molecule has 17 heavy (non-hydrogen) atoms. The van der Waals surface area contributed by atoms with Crippen molar-refractivity contribution in [2.75, 3.05) is 32.7 Å². The van der Waals surface area contributed by atoms with Crippen LogP contribution >= 0.6 is 0 Å². The molecule has 0 bridgehead atoms. The number of rotatable bonds is 8. The molecule has 1 fully saturated rings. The number of aliphatic hydroxyl groups excluding tert-OH is 1. The molecule has 1 amide bonds. The van der Waals surface area contributed by atoms with Crippen molar-refractivity contribution in [3.63, 3.8) is 0 Å². The molecule has 1 saturated heterocycles. The molecule has 0 saturated carbocycles. The van der Waals surface area contributed by atoms with Crippen molar-refractivity contribution < 1.29 is 9.90 Å². The molecule has 4 nitrogen and oxygen atoms in total. The van der Waals surface area contributed by atoms with E-state index in [2.05, 4.69) is 18.7 Å². The lowest BCUT2D eigenvalue weighted by Gasteiger charge is -2.22. The second kappa shape index (κ2) is 7.67. The van der Waals surface area contributed by atoms with Crippen LogP contribution in [0.4, 0.5) is 0 Å². The molecule has 0 aromatic rings. The maximum Gasteiger partial charge on any atom is 0.225 e. The minimum atomic E-state index is -0.440. The van der Waals surface area contributed by atoms with E-state index in [0.717, 1.165) is 32.6 Å². The summed E-state index contributed by atoms with van der Waals surface area (Å²) in [5.41, 5.74) is 0. The van der Waals surface area contributed by atoms with Gasteiger partial charge in [0, 0.05) is 13.1 Å². The van der Waals surface area contributed by atoms with E-state index in [9.17, 15) is 9.90 Å². The summed E-state index contributed by atoms with van der Waals surface area (Å²) in [6, 6.07) is 0. The van der Waals surface area contributed by atoms with Crippen molar-refractivity contribution in [3.8, 4) is 0 Å². The van der Waals surface area contributed by atoms with E-state index >= 15 is 0 Å². The van der Waals surface area contributed by atoms with Crippen LogP contribution in [-0.4, -0.2) is 59.6 Å². The Hall–Kier alpha value is -0.610. The van der Waals surface area contributed by atoms with E-state index in [1.54, 1.807) is 4.90 Å². The molecule has 1 aliphatic rings. The lowest BCUT2D eigenvalue weighted by atomic mass is 10.3. The predicted molar refractivity (Wildman–Crippen MR) is 68.8 cm³/mol. The molecule has 1 heterocycles. The van der Waals surface area contributed by atoms with E-state index in [1.165, 1.54) is 12.8 Å².